The molecule has 0 bridgehead atoms. The molecule has 0 saturated heterocycles. The summed E-state index contributed by atoms with van der Waals surface area (Å²) in [6.45, 7) is 0. The minimum atomic E-state index is -0.0142. The van der Waals surface area contributed by atoms with E-state index < -0.39 is 0 Å². The van der Waals surface area contributed by atoms with Crippen LogP contribution < -0.4 is 5.56 Å². The monoisotopic (exact) mass is 318 g/mol. The van der Waals surface area contributed by atoms with E-state index in [1.54, 1.807) is 23.3 Å². The van der Waals surface area contributed by atoms with E-state index in [0.717, 1.165) is 53.1 Å². The molecule has 1 aliphatic rings. The zero-order valence-electron chi connectivity index (χ0n) is 12.8. The number of aromatic amines is 1. The number of aromatic nitrogens is 6. The van der Waals surface area contributed by atoms with Crippen molar-refractivity contribution in [3.63, 3.8) is 0 Å². The first-order valence-corrected chi connectivity index (χ1v) is 7.89. The molecule has 1 N–H and O–H groups in total. The molecule has 0 atom stereocenters. The number of H-pyrrole nitrogens is 1. The quantitative estimate of drug-likeness (QED) is 0.610. The van der Waals surface area contributed by atoms with Gasteiger partial charge < -0.3 is 4.98 Å². The Morgan fingerprint density at radius 1 is 1.12 bits per heavy atom. The molecule has 0 spiro atoms. The van der Waals surface area contributed by atoms with Gasteiger partial charge in [-0.1, -0.05) is 6.07 Å². The first-order valence-electron chi connectivity index (χ1n) is 7.89. The molecular weight excluding hydrogens is 304 g/mol. The lowest BCUT2D eigenvalue weighted by Crippen LogP contribution is -2.20. The van der Waals surface area contributed by atoms with Gasteiger partial charge in [-0.05, 0) is 31.4 Å². The Bertz CT molecular complexity index is 1110. The highest BCUT2D eigenvalue weighted by molar-refractivity contribution is 5.76. The normalized spacial score (nSPS) is 13.5. The van der Waals surface area contributed by atoms with Gasteiger partial charge in [0.2, 0.25) is 0 Å². The molecule has 0 saturated carbocycles. The summed E-state index contributed by atoms with van der Waals surface area (Å²) >= 11 is 0. The van der Waals surface area contributed by atoms with Crippen molar-refractivity contribution in [1.82, 2.24) is 29.4 Å². The van der Waals surface area contributed by atoms with Crippen LogP contribution in [0, 0.1) is 0 Å². The maximum Gasteiger partial charge on any atom is 0.277 e. The van der Waals surface area contributed by atoms with E-state index in [-0.39, 0.29) is 5.56 Å². The molecular formula is C17H14N6O. The van der Waals surface area contributed by atoms with Crippen molar-refractivity contribution < 1.29 is 0 Å². The number of hydrogen-bond acceptors (Lipinski definition) is 4. The average molecular weight is 318 g/mol. The summed E-state index contributed by atoms with van der Waals surface area (Å²) in [6.07, 6.45) is 9.85. The van der Waals surface area contributed by atoms with Gasteiger partial charge in [-0.3, -0.25) is 4.79 Å². The van der Waals surface area contributed by atoms with Gasteiger partial charge in [0, 0.05) is 34.8 Å². The fourth-order valence-electron chi connectivity index (χ4n) is 3.30. The van der Waals surface area contributed by atoms with E-state index in [0.29, 0.717) is 0 Å². The van der Waals surface area contributed by atoms with E-state index in [1.807, 2.05) is 24.4 Å². The standard InChI is InChI=1S/C17H14N6O/c24-17-12-4-3-5-14(12)21-16-13(9-20-23(16)17)11-8-19-22(10-11)15-6-1-2-7-18-15/h1-2,6-10,21H,3-5H2. The molecule has 0 aromatic carbocycles. The molecule has 4 aromatic heterocycles. The smallest absolute Gasteiger partial charge is 0.277 e. The Hall–Kier alpha value is -3.22. The zero-order chi connectivity index (χ0) is 16.1. The minimum Gasteiger partial charge on any atom is -0.343 e. The van der Waals surface area contributed by atoms with Crippen LogP contribution in [0.5, 0.6) is 0 Å². The highest BCUT2D eigenvalue weighted by atomic mass is 16.1. The third-order valence-electron chi connectivity index (χ3n) is 4.48. The highest BCUT2D eigenvalue weighted by Gasteiger charge is 2.20. The Morgan fingerprint density at radius 2 is 2.08 bits per heavy atom. The number of nitrogens with zero attached hydrogens (tertiary/aromatic N) is 5. The maximum absolute atomic E-state index is 12.5. The summed E-state index contributed by atoms with van der Waals surface area (Å²) < 4.78 is 3.17. The largest absolute Gasteiger partial charge is 0.343 e. The molecule has 0 radical (unpaired) electrons. The predicted molar refractivity (Wildman–Crippen MR) is 88.2 cm³/mol. The lowest BCUT2D eigenvalue weighted by atomic mass is 10.2. The molecule has 7 heteroatoms. The molecule has 4 aromatic rings. The summed E-state index contributed by atoms with van der Waals surface area (Å²) in [5, 5.41) is 8.64. The second-order valence-corrected chi connectivity index (χ2v) is 5.92. The molecule has 0 unspecified atom stereocenters. The van der Waals surface area contributed by atoms with Crippen molar-refractivity contribution in [3.8, 4) is 16.9 Å². The van der Waals surface area contributed by atoms with Gasteiger partial charge in [-0.25, -0.2) is 9.67 Å². The van der Waals surface area contributed by atoms with E-state index in [2.05, 4.69) is 20.2 Å². The number of fused-ring (bicyclic) bond motifs is 2. The molecule has 0 aliphatic heterocycles. The molecule has 0 fully saturated rings. The first kappa shape index (κ1) is 13.2. The van der Waals surface area contributed by atoms with Crippen LogP contribution >= 0.6 is 0 Å². The van der Waals surface area contributed by atoms with Gasteiger partial charge in [0.15, 0.2) is 5.82 Å². The van der Waals surface area contributed by atoms with Gasteiger partial charge in [0.1, 0.15) is 5.65 Å². The van der Waals surface area contributed by atoms with Crippen molar-refractivity contribution in [2.75, 3.05) is 0 Å². The summed E-state index contributed by atoms with van der Waals surface area (Å²) in [6, 6.07) is 5.67. The van der Waals surface area contributed by atoms with Crippen LogP contribution in [0.4, 0.5) is 0 Å². The summed E-state index contributed by atoms with van der Waals surface area (Å²) in [5.74, 6) is 0.745. The van der Waals surface area contributed by atoms with Crippen LogP contribution in [-0.4, -0.2) is 29.4 Å². The second-order valence-electron chi connectivity index (χ2n) is 5.92. The Kier molecular flexibility index (Phi) is 2.70. The molecule has 0 amide bonds. The van der Waals surface area contributed by atoms with E-state index >= 15 is 0 Å². The fraction of sp³-hybridized carbons (Fsp3) is 0.176. The zero-order valence-corrected chi connectivity index (χ0v) is 12.8. The van der Waals surface area contributed by atoms with Crippen molar-refractivity contribution in [2.24, 2.45) is 0 Å². The lowest BCUT2D eigenvalue weighted by Gasteiger charge is -2.02. The van der Waals surface area contributed by atoms with Gasteiger partial charge >= 0.3 is 0 Å². The number of rotatable bonds is 2. The van der Waals surface area contributed by atoms with Gasteiger partial charge in [-0.2, -0.15) is 14.7 Å². The SMILES string of the molecule is O=c1c2c([nH]c3c(-c4cnn(-c5ccccn5)c4)cnn13)CCC2. The second kappa shape index (κ2) is 4.89. The molecule has 24 heavy (non-hydrogen) atoms. The van der Waals surface area contributed by atoms with Crippen LogP contribution in [0.1, 0.15) is 17.7 Å². The highest BCUT2D eigenvalue weighted by Crippen LogP contribution is 2.25. The van der Waals surface area contributed by atoms with Crippen LogP contribution in [0.15, 0.2) is 47.8 Å². The average Bonchev–Trinajstić information content (AvgIpc) is 3.34. The fourth-order valence-corrected chi connectivity index (χ4v) is 3.30. The number of nitrogens with one attached hydrogen (secondary N) is 1. The van der Waals surface area contributed by atoms with Crippen molar-refractivity contribution in [1.29, 1.82) is 0 Å². The minimum absolute atomic E-state index is 0.0142. The van der Waals surface area contributed by atoms with Crippen molar-refractivity contribution >= 4 is 5.65 Å². The third-order valence-corrected chi connectivity index (χ3v) is 4.48. The third kappa shape index (κ3) is 1.84. The molecule has 118 valence electrons. The number of aryl methyl sites for hydroxylation is 1. The lowest BCUT2D eigenvalue weighted by molar-refractivity contribution is 0.847. The van der Waals surface area contributed by atoms with E-state index in [1.165, 1.54) is 4.52 Å². The summed E-state index contributed by atoms with van der Waals surface area (Å²) in [5.41, 5.74) is 4.36. The predicted octanol–water partition coefficient (Wildman–Crippen LogP) is 1.76. The van der Waals surface area contributed by atoms with E-state index in [9.17, 15) is 4.79 Å². The van der Waals surface area contributed by atoms with E-state index in [4.69, 9.17) is 0 Å². The molecule has 7 nitrogen and oxygen atoms in total. The van der Waals surface area contributed by atoms with Crippen LogP contribution in [0.2, 0.25) is 0 Å². The number of pyridine rings is 1. The van der Waals surface area contributed by atoms with Gasteiger partial charge in [0.25, 0.3) is 5.56 Å². The van der Waals surface area contributed by atoms with Crippen LogP contribution in [0.3, 0.4) is 0 Å². The Morgan fingerprint density at radius 3 is 2.96 bits per heavy atom. The van der Waals surface area contributed by atoms with Gasteiger partial charge in [0.05, 0.1) is 12.4 Å². The maximum atomic E-state index is 12.5. The topological polar surface area (TPSA) is 80.9 Å². The number of hydrogen-bond donors (Lipinski definition) is 1. The summed E-state index contributed by atoms with van der Waals surface area (Å²) in [4.78, 5) is 20.2. The summed E-state index contributed by atoms with van der Waals surface area (Å²) in [7, 11) is 0. The van der Waals surface area contributed by atoms with Crippen LogP contribution in [0.25, 0.3) is 22.6 Å². The molecule has 5 rings (SSSR count). The molecule has 4 heterocycles. The Balaban J connectivity index is 1.67. The first-order chi connectivity index (χ1) is 11.8. The van der Waals surface area contributed by atoms with Crippen molar-refractivity contribution in [3.05, 3.63) is 64.6 Å². The molecule has 1 aliphatic carbocycles. The van der Waals surface area contributed by atoms with Crippen molar-refractivity contribution in [2.45, 2.75) is 19.3 Å². The van der Waals surface area contributed by atoms with Crippen LogP contribution in [-0.2, 0) is 12.8 Å². The van der Waals surface area contributed by atoms with Gasteiger partial charge in [-0.15, -0.1) is 0 Å². The Labute approximate surface area is 136 Å².